The van der Waals surface area contributed by atoms with Crippen LogP contribution >= 0.6 is 0 Å². The molecular formula is C20H20FN3O3. The van der Waals surface area contributed by atoms with Gasteiger partial charge >= 0.3 is 0 Å². The van der Waals surface area contributed by atoms with Crippen molar-refractivity contribution in [2.45, 2.75) is 20.0 Å². The molecule has 0 bridgehead atoms. The van der Waals surface area contributed by atoms with Crippen molar-refractivity contribution in [3.8, 4) is 11.5 Å². The van der Waals surface area contributed by atoms with E-state index in [4.69, 9.17) is 8.83 Å². The number of aryl methyl sites for hydroxylation is 1. The number of piperazine rings is 1. The van der Waals surface area contributed by atoms with E-state index in [0.29, 0.717) is 32.1 Å². The van der Waals surface area contributed by atoms with Crippen LogP contribution in [0.3, 0.4) is 0 Å². The molecule has 7 heteroatoms. The summed E-state index contributed by atoms with van der Waals surface area (Å²) in [6, 6.07) is 8.16. The van der Waals surface area contributed by atoms with Gasteiger partial charge in [0.2, 0.25) is 11.8 Å². The van der Waals surface area contributed by atoms with E-state index in [1.807, 2.05) is 13.0 Å². The van der Waals surface area contributed by atoms with Crippen molar-refractivity contribution in [2.24, 2.45) is 0 Å². The predicted molar refractivity (Wildman–Crippen MR) is 96.0 cm³/mol. The molecule has 3 aromatic rings. The van der Waals surface area contributed by atoms with Gasteiger partial charge in [0.1, 0.15) is 17.8 Å². The van der Waals surface area contributed by atoms with Gasteiger partial charge < -0.3 is 13.7 Å². The number of carbonyl (C=O) groups is 1. The highest BCUT2D eigenvalue weighted by atomic mass is 19.1. The molecule has 1 aliphatic heterocycles. The van der Waals surface area contributed by atoms with Crippen molar-refractivity contribution in [1.29, 1.82) is 0 Å². The second-order valence-electron chi connectivity index (χ2n) is 6.69. The summed E-state index contributed by atoms with van der Waals surface area (Å²) in [4.78, 5) is 20.8. The summed E-state index contributed by atoms with van der Waals surface area (Å²) < 4.78 is 24.1. The minimum absolute atomic E-state index is 0.0294. The lowest BCUT2D eigenvalue weighted by Gasteiger charge is -2.34. The lowest BCUT2D eigenvalue weighted by Crippen LogP contribution is -2.49. The molecule has 0 radical (unpaired) electrons. The molecule has 0 N–H and O–H groups in total. The monoisotopic (exact) mass is 369 g/mol. The third kappa shape index (κ3) is 3.93. The van der Waals surface area contributed by atoms with Crippen LogP contribution in [-0.4, -0.2) is 40.3 Å². The van der Waals surface area contributed by atoms with Crippen LogP contribution in [0.15, 0.2) is 51.7 Å². The molecule has 0 saturated carbocycles. The number of nitrogens with zero attached hydrogens (tertiary/aromatic N) is 3. The quantitative estimate of drug-likeness (QED) is 0.691. The molecular weight excluding hydrogens is 349 g/mol. The maximum atomic E-state index is 13.3. The van der Waals surface area contributed by atoms with Gasteiger partial charge in [-0.25, -0.2) is 9.37 Å². The van der Waals surface area contributed by atoms with Gasteiger partial charge in [0, 0.05) is 26.2 Å². The zero-order valence-corrected chi connectivity index (χ0v) is 15.0. The highest BCUT2D eigenvalue weighted by Crippen LogP contribution is 2.23. The Bertz CT molecular complexity index is 936. The smallest absolute Gasteiger partial charge is 0.237 e. The normalized spacial score (nSPS) is 15.5. The number of oxazole rings is 1. The maximum Gasteiger partial charge on any atom is 0.237 e. The Morgan fingerprint density at radius 3 is 2.85 bits per heavy atom. The number of rotatable bonds is 5. The van der Waals surface area contributed by atoms with E-state index in [1.54, 1.807) is 29.6 Å². The first-order valence-corrected chi connectivity index (χ1v) is 8.82. The second-order valence-corrected chi connectivity index (χ2v) is 6.69. The topological polar surface area (TPSA) is 62.7 Å². The first kappa shape index (κ1) is 17.5. The fraction of sp³-hybridized carbons (Fsp3) is 0.300. The molecule has 3 heterocycles. The van der Waals surface area contributed by atoms with E-state index in [-0.39, 0.29) is 11.7 Å². The summed E-state index contributed by atoms with van der Waals surface area (Å²) in [5.74, 6) is 1.00. The van der Waals surface area contributed by atoms with E-state index in [0.717, 1.165) is 29.1 Å². The standard InChI is InChI=1S/C20H20FN3O3/c1-14-18(22-20(27-14)16-5-8-26-13-16)11-23-6-7-24(19(25)12-23)10-15-3-2-4-17(21)9-15/h2-5,8-9,13H,6-7,10-12H2,1H3. The van der Waals surface area contributed by atoms with Crippen molar-refractivity contribution in [3.05, 3.63) is 65.7 Å². The molecule has 1 saturated heterocycles. The Labute approximate surface area is 156 Å². The third-order valence-electron chi connectivity index (χ3n) is 4.69. The number of carbonyl (C=O) groups excluding carboxylic acids is 1. The van der Waals surface area contributed by atoms with Gasteiger partial charge in [-0.2, -0.15) is 0 Å². The molecule has 1 aromatic carbocycles. The summed E-state index contributed by atoms with van der Waals surface area (Å²) in [6.45, 7) is 4.48. The molecule has 1 aliphatic rings. The molecule has 4 rings (SSSR count). The molecule has 2 aromatic heterocycles. The number of amides is 1. The van der Waals surface area contributed by atoms with Crippen LogP contribution in [0, 0.1) is 12.7 Å². The van der Waals surface area contributed by atoms with E-state index >= 15 is 0 Å². The van der Waals surface area contributed by atoms with Crippen LogP contribution in [0.1, 0.15) is 17.0 Å². The first-order valence-electron chi connectivity index (χ1n) is 8.82. The molecule has 140 valence electrons. The molecule has 0 atom stereocenters. The summed E-state index contributed by atoms with van der Waals surface area (Å²) in [5, 5.41) is 0. The Balaban J connectivity index is 1.38. The molecule has 0 aliphatic carbocycles. The van der Waals surface area contributed by atoms with Crippen LogP contribution in [0.5, 0.6) is 0 Å². The highest BCUT2D eigenvalue weighted by Gasteiger charge is 2.25. The minimum Gasteiger partial charge on any atom is -0.472 e. The number of hydrogen-bond donors (Lipinski definition) is 0. The predicted octanol–water partition coefficient (Wildman–Crippen LogP) is 3.23. The van der Waals surface area contributed by atoms with Crippen molar-refractivity contribution in [2.75, 3.05) is 19.6 Å². The van der Waals surface area contributed by atoms with E-state index < -0.39 is 0 Å². The number of benzene rings is 1. The van der Waals surface area contributed by atoms with Crippen molar-refractivity contribution in [1.82, 2.24) is 14.8 Å². The Kier molecular flexibility index (Phi) is 4.77. The van der Waals surface area contributed by atoms with Gasteiger partial charge in [-0.15, -0.1) is 0 Å². The van der Waals surface area contributed by atoms with E-state index in [9.17, 15) is 9.18 Å². The summed E-state index contributed by atoms with van der Waals surface area (Å²) in [7, 11) is 0. The number of aromatic nitrogens is 1. The Morgan fingerprint density at radius 1 is 1.22 bits per heavy atom. The van der Waals surface area contributed by atoms with Gasteiger partial charge in [0.15, 0.2) is 0 Å². The van der Waals surface area contributed by atoms with Crippen molar-refractivity contribution < 1.29 is 18.0 Å². The van der Waals surface area contributed by atoms with E-state index in [1.165, 1.54) is 12.1 Å². The maximum absolute atomic E-state index is 13.3. The number of furan rings is 1. The molecule has 0 unspecified atom stereocenters. The third-order valence-corrected chi connectivity index (χ3v) is 4.69. The van der Waals surface area contributed by atoms with Gasteiger partial charge in [0.25, 0.3) is 0 Å². The molecule has 6 nitrogen and oxygen atoms in total. The van der Waals surface area contributed by atoms with Crippen LogP contribution in [0.25, 0.3) is 11.5 Å². The molecule has 0 spiro atoms. The van der Waals surface area contributed by atoms with Crippen LogP contribution in [0.2, 0.25) is 0 Å². The Morgan fingerprint density at radius 2 is 2.11 bits per heavy atom. The lowest BCUT2D eigenvalue weighted by atomic mass is 10.2. The average molecular weight is 369 g/mol. The number of hydrogen-bond acceptors (Lipinski definition) is 5. The largest absolute Gasteiger partial charge is 0.472 e. The van der Waals surface area contributed by atoms with Crippen molar-refractivity contribution >= 4 is 5.91 Å². The second kappa shape index (κ2) is 7.36. The zero-order valence-electron chi connectivity index (χ0n) is 15.0. The summed E-state index contributed by atoms with van der Waals surface area (Å²) >= 11 is 0. The Hall–Kier alpha value is -2.93. The van der Waals surface area contributed by atoms with Crippen molar-refractivity contribution in [3.63, 3.8) is 0 Å². The molecule has 1 fully saturated rings. The summed E-state index contributed by atoms with van der Waals surface area (Å²) in [6.07, 6.45) is 3.16. The zero-order chi connectivity index (χ0) is 18.8. The van der Waals surface area contributed by atoms with Gasteiger partial charge in [0.05, 0.1) is 24.1 Å². The van der Waals surface area contributed by atoms with Crippen LogP contribution in [0.4, 0.5) is 4.39 Å². The highest BCUT2D eigenvalue weighted by molar-refractivity contribution is 5.79. The lowest BCUT2D eigenvalue weighted by molar-refractivity contribution is -0.136. The van der Waals surface area contributed by atoms with Crippen LogP contribution < -0.4 is 0 Å². The molecule has 27 heavy (non-hydrogen) atoms. The van der Waals surface area contributed by atoms with Gasteiger partial charge in [-0.3, -0.25) is 9.69 Å². The number of halogens is 1. The molecule has 1 amide bonds. The minimum atomic E-state index is -0.284. The fourth-order valence-electron chi connectivity index (χ4n) is 3.21. The average Bonchev–Trinajstić information content (AvgIpc) is 3.28. The van der Waals surface area contributed by atoms with Gasteiger partial charge in [-0.05, 0) is 30.7 Å². The van der Waals surface area contributed by atoms with E-state index in [2.05, 4.69) is 9.88 Å². The van der Waals surface area contributed by atoms with Gasteiger partial charge in [-0.1, -0.05) is 12.1 Å². The SMILES string of the molecule is Cc1oc(-c2ccoc2)nc1CN1CCN(Cc2cccc(F)c2)C(=O)C1. The fourth-order valence-corrected chi connectivity index (χ4v) is 3.21. The summed E-state index contributed by atoms with van der Waals surface area (Å²) in [5.41, 5.74) is 2.41. The van der Waals surface area contributed by atoms with Crippen LogP contribution in [-0.2, 0) is 17.9 Å². The first-order chi connectivity index (χ1) is 13.1.